The topological polar surface area (TPSA) is 70.7 Å². The van der Waals surface area contributed by atoms with Gasteiger partial charge in [-0.3, -0.25) is 0 Å². The summed E-state index contributed by atoms with van der Waals surface area (Å²) in [7, 11) is -3.30. The Hall–Kier alpha value is -0.210. The highest BCUT2D eigenvalue weighted by Crippen LogP contribution is 2.15. The van der Waals surface area contributed by atoms with E-state index in [0.717, 1.165) is 39.0 Å². The van der Waals surface area contributed by atoms with E-state index in [-0.39, 0.29) is 6.10 Å². The van der Waals surface area contributed by atoms with Crippen LogP contribution in [0.25, 0.3) is 0 Å². The molecule has 2 rings (SSSR count). The number of hydrogen-bond donors (Lipinski definition) is 2. The van der Waals surface area contributed by atoms with E-state index in [4.69, 9.17) is 4.74 Å². The van der Waals surface area contributed by atoms with Crippen LogP contribution in [0.5, 0.6) is 0 Å². The summed E-state index contributed by atoms with van der Waals surface area (Å²) in [5, 5.41) is 3.14. The third-order valence-corrected chi connectivity index (χ3v) is 5.05. The Morgan fingerprint density at radius 1 is 1.28 bits per heavy atom. The van der Waals surface area contributed by atoms with Crippen molar-refractivity contribution in [3.63, 3.8) is 0 Å². The quantitative estimate of drug-likeness (QED) is 0.723. The van der Waals surface area contributed by atoms with E-state index < -0.39 is 10.2 Å². The fourth-order valence-electron chi connectivity index (χ4n) is 2.36. The minimum atomic E-state index is -3.30. The van der Waals surface area contributed by atoms with Gasteiger partial charge in [-0.2, -0.15) is 12.7 Å². The molecule has 0 aromatic rings. The molecule has 2 fully saturated rings. The number of ether oxygens (including phenoxy) is 1. The Morgan fingerprint density at radius 3 is 2.72 bits per heavy atom. The molecule has 0 aliphatic carbocycles. The van der Waals surface area contributed by atoms with Crippen molar-refractivity contribution in [3.8, 4) is 0 Å². The van der Waals surface area contributed by atoms with E-state index in [1.165, 1.54) is 10.7 Å². The predicted octanol–water partition coefficient (Wildman–Crippen LogP) is -0.315. The largest absolute Gasteiger partial charge is 0.378 e. The number of piperazine rings is 1. The molecule has 0 spiro atoms. The summed E-state index contributed by atoms with van der Waals surface area (Å²) in [6.07, 6.45) is 4.36. The van der Waals surface area contributed by atoms with Gasteiger partial charge in [0.1, 0.15) is 0 Å². The average molecular weight is 277 g/mol. The van der Waals surface area contributed by atoms with Crippen molar-refractivity contribution in [2.24, 2.45) is 0 Å². The third kappa shape index (κ3) is 4.17. The second-order valence-electron chi connectivity index (χ2n) is 4.83. The first-order valence-corrected chi connectivity index (χ1v) is 8.19. The lowest BCUT2D eigenvalue weighted by atomic mass is 10.1. The first-order chi connectivity index (χ1) is 8.68. The van der Waals surface area contributed by atoms with Crippen LogP contribution in [0.15, 0.2) is 0 Å². The molecule has 18 heavy (non-hydrogen) atoms. The van der Waals surface area contributed by atoms with Crippen LogP contribution < -0.4 is 10.0 Å². The fraction of sp³-hybridized carbons (Fsp3) is 1.00. The van der Waals surface area contributed by atoms with E-state index >= 15 is 0 Å². The highest BCUT2D eigenvalue weighted by atomic mass is 32.2. The van der Waals surface area contributed by atoms with Gasteiger partial charge in [-0.1, -0.05) is 0 Å². The van der Waals surface area contributed by atoms with Crippen LogP contribution >= 0.6 is 0 Å². The zero-order valence-electron chi connectivity index (χ0n) is 10.7. The van der Waals surface area contributed by atoms with Crippen LogP contribution in [0.4, 0.5) is 0 Å². The average Bonchev–Trinajstić information content (AvgIpc) is 2.41. The van der Waals surface area contributed by atoms with Crippen molar-refractivity contribution in [1.82, 2.24) is 14.3 Å². The van der Waals surface area contributed by atoms with Crippen LogP contribution in [0.2, 0.25) is 0 Å². The summed E-state index contributed by atoms with van der Waals surface area (Å²) in [4.78, 5) is 0. The molecule has 2 heterocycles. The predicted molar refractivity (Wildman–Crippen MR) is 69.6 cm³/mol. The molecule has 2 aliphatic rings. The molecular formula is C11H23N3O3S. The number of hydrogen-bond acceptors (Lipinski definition) is 4. The fourth-order valence-corrected chi connectivity index (χ4v) is 3.58. The maximum atomic E-state index is 12.0. The summed E-state index contributed by atoms with van der Waals surface area (Å²) in [5.41, 5.74) is 0. The maximum absolute atomic E-state index is 12.0. The number of rotatable bonds is 5. The molecule has 1 unspecified atom stereocenters. The van der Waals surface area contributed by atoms with E-state index in [1.54, 1.807) is 0 Å². The zero-order chi connectivity index (χ0) is 12.8. The summed E-state index contributed by atoms with van der Waals surface area (Å²) in [5.74, 6) is 0. The Morgan fingerprint density at radius 2 is 2.06 bits per heavy atom. The van der Waals surface area contributed by atoms with Gasteiger partial charge in [0, 0.05) is 39.3 Å². The normalized spacial score (nSPS) is 27.2. The highest BCUT2D eigenvalue weighted by Gasteiger charge is 2.23. The third-order valence-electron chi connectivity index (χ3n) is 3.44. The molecule has 0 amide bonds. The van der Waals surface area contributed by atoms with E-state index in [9.17, 15) is 8.42 Å². The Kier molecular flexibility index (Phi) is 5.38. The number of nitrogens with zero attached hydrogens (tertiary/aromatic N) is 1. The lowest BCUT2D eigenvalue weighted by Gasteiger charge is -2.27. The van der Waals surface area contributed by atoms with Crippen molar-refractivity contribution < 1.29 is 13.2 Å². The monoisotopic (exact) mass is 277 g/mol. The Labute approximate surface area is 109 Å². The lowest BCUT2D eigenvalue weighted by Crippen LogP contribution is -2.50. The molecule has 1 atom stereocenters. The molecule has 7 heteroatoms. The standard InChI is InChI=1S/C11H23N3O3S/c15-18(16,14-8-6-12-7-9-14)13-5-4-11-3-1-2-10-17-11/h11-13H,1-10H2. The van der Waals surface area contributed by atoms with Gasteiger partial charge < -0.3 is 10.1 Å². The Bertz CT molecular complexity index is 335. The van der Waals surface area contributed by atoms with Gasteiger partial charge in [0.05, 0.1) is 6.10 Å². The summed E-state index contributed by atoms with van der Waals surface area (Å²) in [6.45, 7) is 3.84. The van der Waals surface area contributed by atoms with Crippen molar-refractivity contribution in [2.75, 3.05) is 39.3 Å². The van der Waals surface area contributed by atoms with Crippen molar-refractivity contribution in [2.45, 2.75) is 31.8 Å². The first kappa shape index (κ1) is 14.2. The van der Waals surface area contributed by atoms with Crippen LogP contribution in [0.3, 0.4) is 0 Å². The SMILES string of the molecule is O=S(=O)(NCCC1CCCCO1)N1CCNCC1. The van der Waals surface area contributed by atoms with Gasteiger partial charge in [-0.05, 0) is 25.7 Å². The lowest BCUT2D eigenvalue weighted by molar-refractivity contribution is 0.0123. The smallest absolute Gasteiger partial charge is 0.279 e. The van der Waals surface area contributed by atoms with Crippen LogP contribution in [0, 0.1) is 0 Å². The van der Waals surface area contributed by atoms with Gasteiger partial charge >= 0.3 is 0 Å². The van der Waals surface area contributed by atoms with Crippen LogP contribution in [0.1, 0.15) is 25.7 Å². The number of nitrogens with one attached hydrogen (secondary N) is 2. The van der Waals surface area contributed by atoms with Gasteiger partial charge in [0.15, 0.2) is 0 Å². The van der Waals surface area contributed by atoms with Gasteiger partial charge in [0.2, 0.25) is 0 Å². The van der Waals surface area contributed by atoms with E-state index in [0.29, 0.717) is 19.6 Å². The Balaban J connectivity index is 1.70. The van der Waals surface area contributed by atoms with Crippen molar-refractivity contribution in [1.29, 1.82) is 0 Å². The van der Waals surface area contributed by atoms with Gasteiger partial charge in [-0.15, -0.1) is 0 Å². The first-order valence-electron chi connectivity index (χ1n) is 6.75. The summed E-state index contributed by atoms with van der Waals surface area (Å²) >= 11 is 0. The molecule has 2 aliphatic heterocycles. The minimum absolute atomic E-state index is 0.226. The van der Waals surface area contributed by atoms with Crippen LogP contribution in [-0.2, 0) is 14.9 Å². The van der Waals surface area contributed by atoms with Crippen LogP contribution in [-0.4, -0.2) is 58.2 Å². The molecular weight excluding hydrogens is 254 g/mol. The second kappa shape index (κ2) is 6.81. The second-order valence-corrected chi connectivity index (χ2v) is 6.58. The van der Waals surface area contributed by atoms with Gasteiger partial charge in [0.25, 0.3) is 10.2 Å². The van der Waals surface area contributed by atoms with Crippen molar-refractivity contribution in [3.05, 3.63) is 0 Å². The molecule has 0 saturated carbocycles. The molecule has 0 bridgehead atoms. The van der Waals surface area contributed by atoms with E-state index in [2.05, 4.69) is 10.0 Å². The van der Waals surface area contributed by atoms with E-state index in [1.807, 2.05) is 0 Å². The molecule has 0 aromatic heterocycles. The summed E-state index contributed by atoms with van der Waals surface area (Å²) < 4.78 is 33.7. The molecule has 0 aromatic carbocycles. The van der Waals surface area contributed by atoms with Crippen molar-refractivity contribution >= 4 is 10.2 Å². The van der Waals surface area contributed by atoms with Gasteiger partial charge in [-0.25, -0.2) is 4.72 Å². The maximum Gasteiger partial charge on any atom is 0.279 e. The summed E-state index contributed by atoms with van der Waals surface area (Å²) in [6, 6.07) is 0. The molecule has 0 radical (unpaired) electrons. The molecule has 6 nitrogen and oxygen atoms in total. The highest BCUT2D eigenvalue weighted by molar-refractivity contribution is 7.87. The molecule has 2 saturated heterocycles. The minimum Gasteiger partial charge on any atom is -0.378 e. The zero-order valence-corrected chi connectivity index (χ0v) is 11.5. The molecule has 2 N–H and O–H groups in total. The molecule has 106 valence electrons.